The maximum absolute atomic E-state index is 5.46. The Hall–Kier alpha value is -1.68. The monoisotopic (exact) mass is 216 g/mol. The third kappa shape index (κ3) is 2.67. The van der Waals surface area contributed by atoms with Gasteiger partial charge < -0.3 is 5.73 Å². The van der Waals surface area contributed by atoms with Gasteiger partial charge in [-0.25, -0.2) is 0 Å². The van der Waals surface area contributed by atoms with Crippen LogP contribution in [0.4, 0.5) is 0 Å². The molecule has 0 fully saturated rings. The van der Waals surface area contributed by atoms with Crippen molar-refractivity contribution in [1.82, 2.24) is 15.0 Å². The van der Waals surface area contributed by atoms with Gasteiger partial charge in [-0.3, -0.25) is 0 Å². The fraction of sp³-hybridized carbons (Fsp3) is 0.333. The van der Waals surface area contributed by atoms with E-state index in [0.717, 1.165) is 31.5 Å². The Labute approximate surface area is 95.1 Å². The van der Waals surface area contributed by atoms with Gasteiger partial charge in [-0.2, -0.15) is 15.0 Å². The summed E-state index contributed by atoms with van der Waals surface area (Å²) in [5, 5.41) is 8.16. The summed E-state index contributed by atoms with van der Waals surface area (Å²) in [6.07, 6.45) is 6.67. The van der Waals surface area contributed by atoms with Crippen LogP contribution in [0, 0.1) is 0 Å². The predicted octanol–water partition coefficient (Wildman–Crippen LogP) is 1.55. The molecule has 1 aromatic carbocycles. The number of hydrogen-bond donors (Lipinski definition) is 1. The molecule has 0 aliphatic rings. The molecule has 1 heterocycles. The van der Waals surface area contributed by atoms with E-state index in [9.17, 15) is 0 Å². The summed E-state index contributed by atoms with van der Waals surface area (Å²) in [5.41, 5.74) is 7.79. The minimum absolute atomic E-state index is 0.773. The molecule has 2 rings (SSSR count). The molecule has 0 unspecified atom stereocenters. The van der Waals surface area contributed by atoms with Gasteiger partial charge in [-0.15, -0.1) is 0 Å². The standard InChI is InChI=1S/C12H16N4/c13-8-2-1-3-11-4-6-12(7-5-11)16-14-9-10-15-16/h4-7,9-10H,1-3,8,13H2. The van der Waals surface area contributed by atoms with Crippen molar-refractivity contribution in [2.75, 3.05) is 6.54 Å². The molecule has 0 aliphatic heterocycles. The molecule has 0 bridgehead atoms. The highest BCUT2D eigenvalue weighted by Crippen LogP contribution is 2.09. The van der Waals surface area contributed by atoms with Crippen molar-refractivity contribution in [2.24, 2.45) is 5.73 Å². The third-order valence-corrected chi connectivity index (χ3v) is 2.51. The number of rotatable bonds is 5. The molecule has 16 heavy (non-hydrogen) atoms. The minimum atomic E-state index is 0.773. The molecule has 0 radical (unpaired) electrons. The highest BCUT2D eigenvalue weighted by atomic mass is 15.5. The van der Waals surface area contributed by atoms with Crippen molar-refractivity contribution >= 4 is 0 Å². The van der Waals surface area contributed by atoms with Crippen molar-refractivity contribution in [3.8, 4) is 5.69 Å². The van der Waals surface area contributed by atoms with E-state index in [2.05, 4.69) is 22.3 Å². The Balaban J connectivity index is 2.00. The van der Waals surface area contributed by atoms with Crippen LogP contribution in [-0.2, 0) is 6.42 Å². The predicted molar refractivity (Wildman–Crippen MR) is 63.4 cm³/mol. The molecule has 84 valence electrons. The van der Waals surface area contributed by atoms with Crippen molar-refractivity contribution in [2.45, 2.75) is 19.3 Å². The van der Waals surface area contributed by atoms with Crippen LogP contribution < -0.4 is 5.73 Å². The topological polar surface area (TPSA) is 56.7 Å². The lowest BCUT2D eigenvalue weighted by atomic mass is 10.1. The van der Waals surface area contributed by atoms with E-state index in [-0.39, 0.29) is 0 Å². The molecule has 2 aromatic rings. The van der Waals surface area contributed by atoms with Crippen LogP contribution in [0.25, 0.3) is 5.69 Å². The molecule has 0 saturated heterocycles. The minimum Gasteiger partial charge on any atom is -0.330 e. The van der Waals surface area contributed by atoms with Gasteiger partial charge >= 0.3 is 0 Å². The Morgan fingerprint density at radius 2 is 1.69 bits per heavy atom. The first-order valence-corrected chi connectivity index (χ1v) is 5.56. The number of hydrogen-bond acceptors (Lipinski definition) is 3. The number of aryl methyl sites for hydroxylation is 1. The van der Waals surface area contributed by atoms with Gasteiger partial charge in [0.1, 0.15) is 0 Å². The highest BCUT2D eigenvalue weighted by Gasteiger charge is 1.97. The smallest absolute Gasteiger partial charge is 0.0856 e. The van der Waals surface area contributed by atoms with E-state index in [1.165, 1.54) is 5.56 Å². The van der Waals surface area contributed by atoms with E-state index in [0.29, 0.717) is 0 Å². The zero-order valence-corrected chi connectivity index (χ0v) is 9.21. The Morgan fingerprint density at radius 1 is 1.00 bits per heavy atom. The maximum Gasteiger partial charge on any atom is 0.0856 e. The molecule has 4 heteroatoms. The first kappa shape index (κ1) is 10.8. The first-order chi connectivity index (χ1) is 7.90. The molecule has 2 N–H and O–H groups in total. The van der Waals surface area contributed by atoms with Crippen LogP contribution in [0.5, 0.6) is 0 Å². The van der Waals surface area contributed by atoms with Crippen LogP contribution in [0.15, 0.2) is 36.7 Å². The average molecular weight is 216 g/mol. The number of aromatic nitrogens is 3. The van der Waals surface area contributed by atoms with Crippen LogP contribution in [0.1, 0.15) is 18.4 Å². The second kappa shape index (κ2) is 5.42. The Kier molecular flexibility index (Phi) is 3.66. The quantitative estimate of drug-likeness (QED) is 0.771. The van der Waals surface area contributed by atoms with E-state index < -0.39 is 0 Å². The number of benzene rings is 1. The van der Waals surface area contributed by atoms with Gasteiger partial charge in [0, 0.05) is 0 Å². The largest absolute Gasteiger partial charge is 0.330 e. The summed E-state index contributed by atoms with van der Waals surface area (Å²) in [5.74, 6) is 0. The zero-order chi connectivity index (χ0) is 11.2. The molecule has 0 saturated carbocycles. The van der Waals surface area contributed by atoms with Crippen LogP contribution in [-0.4, -0.2) is 21.5 Å². The summed E-state index contributed by atoms with van der Waals surface area (Å²) >= 11 is 0. The molecule has 1 aromatic heterocycles. The average Bonchev–Trinajstić information content (AvgIpc) is 2.84. The molecule has 0 aliphatic carbocycles. The molecule has 4 nitrogen and oxygen atoms in total. The molecular formula is C12H16N4. The Morgan fingerprint density at radius 3 is 2.31 bits per heavy atom. The lowest BCUT2D eigenvalue weighted by molar-refractivity contribution is 0.739. The maximum atomic E-state index is 5.46. The molecule has 0 spiro atoms. The number of nitrogens with zero attached hydrogens (tertiary/aromatic N) is 3. The summed E-state index contributed by atoms with van der Waals surface area (Å²) < 4.78 is 0. The van der Waals surface area contributed by atoms with Gasteiger partial charge in [0.2, 0.25) is 0 Å². The Bertz CT molecular complexity index is 405. The lowest BCUT2D eigenvalue weighted by Gasteiger charge is -2.03. The van der Waals surface area contributed by atoms with E-state index in [1.807, 2.05) is 12.1 Å². The van der Waals surface area contributed by atoms with E-state index in [1.54, 1.807) is 17.2 Å². The van der Waals surface area contributed by atoms with Gasteiger partial charge in [-0.1, -0.05) is 12.1 Å². The SMILES string of the molecule is NCCCCc1ccc(-n2nccn2)cc1. The van der Waals surface area contributed by atoms with Gasteiger partial charge in [0.05, 0.1) is 18.1 Å². The van der Waals surface area contributed by atoms with E-state index in [4.69, 9.17) is 5.73 Å². The number of nitrogens with two attached hydrogens (primary N) is 1. The second-order valence-electron chi connectivity index (χ2n) is 3.73. The zero-order valence-electron chi connectivity index (χ0n) is 9.21. The van der Waals surface area contributed by atoms with Gasteiger partial charge in [0.15, 0.2) is 0 Å². The lowest BCUT2D eigenvalue weighted by Crippen LogP contribution is -2.00. The van der Waals surface area contributed by atoms with E-state index >= 15 is 0 Å². The first-order valence-electron chi connectivity index (χ1n) is 5.56. The fourth-order valence-corrected chi connectivity index (χ4v) is 1.62. The third-order valence-electron chi connectivity index (χ3n) is 2.51. The second-order valence-corrected chi connectivity index (χ2v) is 3.73. The summed E-state index contributed by atoms with van der Waals surface area (Å²) in [7, 11) is 0. The highest BCUT2D eigenvalue weighted by molar-refractivity contribution is 5.32. The van der Waals surface area contributed by atoms with Gasteiger partial charge in [-0.05, 0) is 43.5 Å². The number of unbranched alkanes of at least 4 members (excludes halogenated alkanes) is 1. The summed E-state index contributed by atoms with van der Waals surface area (Å²) in [6, 6.07) is 8.32. The van der Waals surface area contributed by atoms with Crippen LogP contribution in [0.3, 0.4) is 0 Å². The normalized spacial score (nSPS) is 10.6. The van der Waals surface area contributed by atoms with Crippen molar-refractivity contribution in [3.05, 3.63) is 42.2 Å². The van der Waals surface area contributed by atoms with Gasteiger partial charge in [0.25, 0.3) is 0 Å². The van der Waals surface area contributed by atoms with Crippen molar-refractivity contribution < 1.29 is 0 Å². The van der Waals surface area contributed by atoms with Crippen molar-refractivity contribution in [1.29, 1.82) is 0 Å². The molecule has 0 amide bonds. The van der Waals surface area contributed by atoms with Crippen LogP contribution >= 0.6 is 0 Å². The summed E-state index contributed by atoms with van der Waals surface area (Å²) in [4.78, 5) is 1.61. The molecule has 0 atom stereocenters. The molecular weight excluding hydrogens is 200 g/mol. The van der Waals surface area contributed by atoms with Crippen molar-refractivity contribution in [3.63, 3.8) is 0 Å². The summed E-state index contributed by atoms with van der Waals surface area (Å²) in [6.45, 7) is 0.773. The van der Waals surface area contributed by atoms with Crippen LogP contribution in [0.2, 0.25) is 0 Å². The fourth-order valence-electron chi connectivity index (χ4n) is 1.62.